The lowest BCUT2D eigenvalue weighted by molar-refractivity contribution is -0.0109. The van der Waals surface area contributed by atoms with E-state index in [-0.39, 0.29) is 0 Å². The number of para-hydroxylation sites is 1. The van der Waals surface area contributed by atoms with Crippen LogP contribution in [0.2, 0.25) is 0 Å². The first-order valence-corrected chi connectivity index (χ1v) is 8.44. The standard InChI is InChI=1S/C18H27NO2/c1-2-12-19-15-8-10-18(20,11-9-15)16-7-3-5-14-6-4-13-21-17(14)16/h3,5,7,15,19-20H,2,4,6,8-13H2,1H3. The number of aryl methyl sites for hydroxylation is 1. The lowest BCUT2D eigenvalue weighted by Gasteiger charge is -2.38. The molecule has 1 heterocycles. The van der Waals surface area contributed by atoms with E-state index in [1.54, 1.807) is 0 Å². The zero-order valence-electron chi connectivity index (χ0n) is 13.0. The summed E-state index contributed by atoms with van der Waals surface area (Å²) in [5.41, 5.74) is 1.58. The van der Waals surface area contributed by atoms with Gasteiger partial charge in [-0.2, -0.15) is 0 Å². The summed E-state index contributed by atoms with van der Waals surface area (Å²) in [6.45, 7) is 4.05. The quantitative estimate of drug-likeness (QED) is 0.894. The van der Waals surface area contributed by atoms with Gasteiger partial charge in [-0.15, -0.1) is 0 Å². The Labute approximate surface area is 127 Å². The summed E-state index contributed by atoms with van der Waals surface area (Å²) in [6, 6.07) is 6.83. The van der Waals surface area contributed by atoms with Gasteiger partial charge in [0.1, 0.15) is 5.75 Å². The Morgan fingerprint density at radius 2 is 2.14 bits per heavy atom. The van der Waals surface area contributed by atoms with Crippen molar-refractivity contribution >= 4 is 0 Å². The lowest BCUT2D eigenvalue weighted by Crippen LogP contribution is -2.40. The van der Waals surface area contributed by atoms with Crippen molar-refractivity contribution in [2.24, 2.45) is 0 Å². The number of hydrogen-bond acceptors (Lipinski definition) is 3. The molecule has 0 amide bonds. The van der Waals surface area contributed by atoms with Crippen molar-refractivity contribution < 1.29 is 9.84 Å². The highest BCUT2D eigenvalue weighted by Crippen LogP contribution is 2.43. The average Bonchev–Trinajstić information content (AvgIpc) is 2.54. The highest BCUT2D eigenvalue weighted by atomic mass is 16.5. The maximum Gasteiger partial charge on any atom is 0.128 e. The molecule has 21 heavy (non-hydrogen) atoms. The summed E-state index contributed by atoms with van der Waals surface area (Å²) in [7, 11) is 0. The first-order valence-electron chi connectivity index (χ1n) is 8.44. The van der Waals surface area contributed by atoms with E-state index in [1.807, 2.05) is 0 Å². The van der Waals surface area contributed by atoms with Gasteiger partial charge in [0.25, 0.3) is 0 Å². The highest BCUT2D eigenvalue weighted by molar-refractivity contribution is 5.46. The second-order valence-corrected chi connectivity index (χ2v) is 6.51. The number of hydrogen-bond donors (Lipinski definition) is 2. The smallest absolute Gasteiger partial charge is 0.128 e. The highest BCUT2D eigenvalue weighted by Gasteiger charge is 2.37. The first kappa shape index (κ1) is 14.9. The van der Waals surface area contributed by atoms with E-state index in [9.17, 15) is 5.11 Å². The van der Waals surface area contributed by atoms with Crippen LogP contribution in [0.3, 0.4) is 0 Å². The second kappa shape index (κ2) is 6.37. The summed E-state index contributed by atoms with van der Waals surface area (Å²) in [5, 5.41) is 14.7. The zero-order valence-corrected chi connectivity index (χ0v) is 13.0. The van der Waals surface area contributed by atoms with Crippen LogP contribution in [-0.4, -0.2) is 24.3 Å². The van der Waals surface area contributed by atoms with Crippen LogP contribution in [0.1, 0.15) is 56.6 Å². The topological polar surface area (TPSA) is 41.5 Å². The van der Waals surface area contributed by atoms with Gasteiger partial charge in [0.2, 0.25) is 0 Å². The Morgan fingerprint density at radius 1 is 1.33 bits per heavy atom. The predicted octanol–water partition coefficient (Wildman–Crippen LogP) is 3.14. The fourth-order valence-electron chi connectivity index (χ4n) is 3.67. The van der Waals surface area contributed by atoms with Crippen molar-refractivity contribution in [3.8, 4) is 5.75 Å². The molecule has 116 valence electrons. The van der Waals surface area contributed by atoms with Gasteiger partial charge in [-0.05, 0) is 57.1 Å². The maximum absolute atomic E-state index is 11.1. The largest absolute Gasteiger partial charge is 0.493 e. The molecule has 0 aromatic heterocycles. The molecule has 1 aliphatic heterocycles. The molecule has 2 N–H and O–H groups in total. The summed E-state index contributed by atoms with van der Waals surface area (Å²) in [5.74, 6) is 0.964. The molecule has 1 aromatic carbocycles. The lowest BCUT2D eigenvalue weighted by atomic mass is 9.76. The Kier molecular flexibility index (Phi) is 4.51. The summed E-state index contributed by atoms with van der Waals surface area (Å²) >= 11 is 0. The van der Waals surface area contributed by atoms with Crippen molar-refractivity contribution in [2.75, 3.05) is 13.2 Å². The third-order valence-corrected chi connectivity index (χ3v) is 4.93. The van der Waals surface area contributed by atoms with E-state index < -0.39 is 5.60 Å². The van der Waals surface area contributed by atoms with Crippen molar-refractivity contribution in [3.63, 3.8) is 0 Å². The number of fused-ring (bicyclic) bond motifs is 1. The molecule has 0 saturated heterocycles. The van der Waals surface area contributed by atoms with Gasteiger partial charge in [0, 0.05) is 11.6 Å². The minimum Gasteiger partial charge on any atom is -0.493 e. The molecule has 1 fully saturated rings. The molecule has 0 bridgehead atoms. The average molecular weight is 289 g/mol. The van der Waals surface area contributed by atoms with Crippen LogP contribution in [-0.2, 0) is 12.0 Å². The number of rotatable bonds is 4. The predicted molar refractivity (Wildman–Crippen MR) is 84.7 cm³/mol. The molecular formula is C18H27NO2. The Bertz CT molecular complexity index is 478. The van der Waals surface area contributed by atoms with Crippen LogP contribution in [0, 0.1) is 0 Å². The Morgan fingerprint density at radius 3 is 2.90 bits per heavy atom. The first-order chi connectivity index (χ1) is 10.2. The van der Waals surface area contributed by atoms with E-state index in [0.29, 0.717) is 6.04 Å². The van der Waals surface area contributed by atoms with E-state index in [0.717, 1.165) is 63.0 Å². The number of aliphatic hydroxyl groups is 1. The monoisotopic (exact) mass is 289 g/mol. The van der Waals surface area contributed by atoms with Crippen LogP contribution >= 0.6 is 0 Å². The van der Waals surface area contributed by atoms with Crippen LogP contribution < -0.4 is 10.1 Å². The summed E-state index contributed by atoms with van der Waals surface area (Å²) in [6.07, 6.45) is 7.06. The minimum atomic E-state index is -0.701. The van der Waals surface area contributed by atoms with Gasteiger partial charge in [-0.3, -0.25) is 0 Å². The molecule has 1 saturated carbocycles. The van der Waals surface area contributed by atoms with E-state index in [1.165, 1.54) is 12.0 Å². The Balaban J connectivity index is 1.75. The number of nitrogens with one attached hydrogen (secondary N) is 1. The fraction of sp³-hybridized carbons (Fsp3) is 0.667. The molecule has 1 aromatic rings. The van der Waals surface area contributed by atoms with Gasteiger partial charge < -0.3 is 15.2 Å². The minimum absolute atomic E-state index is 0.561. The molecule has 0 unspecified atom stereocenters. The summed E-state index contributed by atoms with van der Waals surface area (Å²) < 4.78 is 5.89. The third-order valence-electron chi connectivity index (χ3n) is 4.93. The SMILES string of the molecule is CCCNC1CCC(O)(c2cccc3c2OCCC3)CC1. The number of ether oxygens (including phenoxy) is 1. The van der Waals surface area contributed by atoms with Gasteiger partial charge in [-0.1, -0.05) is 25.1 Å². The molecule has 2 aliphatic rings. The van der Waals surface area contributed by atoms with E-state index in [4.69, 9.17) is 4.74 Å². The van der Waals surface area contributed by atoms with Crippen molar-refractivity contribution in [3.05, 3.63) is 29.3 Å². The zero-order chi connectivity index (χ0) is 14.7. The molecule has 1 aliphatic carbocycles. The molecule has 3 heteroatoms. The maximum atomic E-state index is 11.1. The van der Waals surface area contributed by atoms with Crippen LogP contribution in [0.15, 0.2) is 18.2 Å². The van der Waals surface area contributed by atoms with Gasteiger partial charge in [0.05, 0.1) is 12.2 Å². The molecule has 0 radical (unpaired) electrons. The fourth-order valence-corrected chi connectivity index (χ4v) is 3.67. The van der Waals surface area contributed by atoms with Gasteiger partial charge >= 0.3 is 0 Å². The second-order valence-electron chi connectivity index (χ2n) is 6.51. The van der Waals surface area contributed by atoms with Crippen LogP contribution in [0.5, 0.6) is 5.75 Å². The normalized spacial score (nSPS) is 28.8. The molecule has 3 rings (SSSR count). The van der Waals surface area contributed by atoms with Crippen LogP contribution in [0.4, 0.5) is 0 Å². The van der Waals surface area contributed by atoms with Crippen molar-refractivity contribution in [2.45, 2.75) is 63.5 Å². The van der Waals surface area contributed by atoms with Crippen LogP contribution in [0.25, 0.3) is 0 Å². The van der Waals surface area contributed by atoms with Gasteiger partial charge in [-0.25, -0.2) is 0 Å². The van der Waals surface area contributed by atoms with E-state index >= 15 is 0 Å². The third kappa shape index (κ3) is 3.09. The molecule has 3 nitrogen and oxygen atoms in total. The molecule has 0 spiro atoms. The van der Waals surface area contributed by atoms with Crippen molar-refractivity contribution in [1.29, 1.82) is 0 Å². The molecular weight excluding hydrogens is 262 g/mol. The summed E-state index contributed by atoms with van der Waals surface area (Å²) in [4.78, 5) is 0. The van der Waals surface area contributed by atoms with Crippen molar-refractivity contribution in [1.82, 2.24) is 5.32 Å². The van der Waals surface area contributed by atoms with E-state index in [2.05, 4.69) is 30.4 Å². The molecule has 0 atom stereocenters. The van der Waals surface area contributed by atoms with Gasteiger partial charge in [0.15, 0.2) is 0 Å². The number of benzene rings is 1. The Hall–Kier alpha value is -1.06.